The fourth-order valence-corrected chi connectivity index (χ4v) is 2.86. The van der Waals surface area contributed by atoms with Crippen LogP contribution in [-0.4, -0.2) is 15.8 Å². The summed E-state index contributed by atoms with van der Waals surface area (Å²) in [4.78, 5) is 43.3. The number of rotatable bonds is 2. The molecule has 0 radical (unpaired) electrons. The molecule has 26 heavy (non-hydrogen) atoms. The summed E-state index contributed by atoms with van der Waals surface area (Å²) >= 11 is 0. The molecule has 2 aromatic carbocycles. The van der Waals surface area contributed by atoms with E-state index in [1.165, 1.54) is 36.7 Å². The highest BCUT2D eigenvalue weighted by Gasteiger charge is 2.19. The van der Waals surface area contributed by atoms with E-state index < -0.39 is 28.3 Å². The molecule has 4 aromatic rings. The lowest BCUT2D eigenvalue weighted by molar-refractivity contribution is 0.103. The second-order valence-corrected chi connectivity index (χ2v) is 5.77. The van der Waals surface area contributed by atoms with Gasteiger partial charge in [0.2, 0.25) is 16.6 Å². The minimum absolute atomic E-state index is 0.000822. The summed E-state index contributed by atoms with van der Waals surface area (Å²) in [5.74, 6) is -2.07. The predicted molar refractivity (Wildman–Crippen MR) is 92.5 cm³/mol. The molecule has 2 heterocycles. The van der Waals surface area contributed by atoms with Crippen LogP contribution in [0.2, 0.25) is 0 Å². The first-order valence-electron chi connectivity index (χ1n) is 7.62. The molecule has 0 bridgehead atoms. The molecule has 7 heteroatoms. The first-order chi connectivity index (χ1) is 12.5. The van der Waals surface area contributed by atoms with Gasteiger partial charge in [0.1, 0.15) is 11.6 Å². The van der Waals surface area contributed by atoms with E-state index in [-0.39, 0.29) is 21.9 Å². The molecule has 0 saturated heterocycles. The minimum atomic E-state index is -0.829. The zero-order chi connectivity index (χ0) is 18.4. The fraction of sp³-hybridized carbons (Fsp3) is 0. The van der Waals surface area contributed by atoms with Crippen molar-refractivity contribution in [2.45, 2.75) is 0 Å². The Bertz CT molecular complexity index is 1220. The van der Waals surface area contributed by atoms with Gasteiger partial charge < -0.3 is 9.97 Å². The first kappa shape index (κ1) is 15.9. The van der Waals surface area contributed by atoms with Crippen molar-refractivity contribution in [3.8, 4) is 0 Å². The monoisotopic (exact) mass is 352 g/mol. The maximum absolute atomic E-state index is 13.4. The van der Waals surface area contributed by atoms with Gasteiger partial charge >= 0.3 is 0 Å². The average Bonchev–Trinajstić information content (AvgIpc) is 2.63. The van der Waals surface area contributed by atoms with Crippen LogP contribution in [0, 0.1) is 11.6 Å². The fourth-order valence-electron chi connectivity index (χ4n) is 2.86. The van der Waals surface area contributed by atoms with Gasteiger partial charge in [-0.2, -0.15) is 0 Å². The molecule has 0 aliphatic rings. The standard InChI is InChI=1S/C19H10F2N2O3/c20-9-1-3-15-11(5-9)17(24)13(7-22-15)19(26)14-8-23-16-4-2-10(21)6-12(16)18(14)25/h1-8H,(H,22,24)(H,23,25). The van der Waals surface area contributed by atoms with Crippen molar-refractivity contribution < 1.29 is 13.6 Å². The molecule has 5 nitrogen and oxygen atoms in total. The summed E-state index contributed by atoms with van der Waals surface area (Å²) < 4.78 is 26.8. The van der Waals surface area contributed by atoms with Crippen LogP contribution < -0.4 is 10.9 Å². The lowest BCUT2D eigenvalue weighted by Gasteiger charge is -2.05. The zero-order valence-corrected chi connectivity index (χ0v) is 13.1. The summed E-state index contributed by atoms with van der Waals surface area (Å²) in [6.45, 7) is 0. The number of hydrogen-bond acceptors (Lipinski definition) is 3. The normalized spacial score (nSPS) is 11.2. The Hall–Kier alpha value is -3.61. The molecule has 4 rings (SSSR count). The summed E-state index contributed by atoms with van der Waals surface area (Å²) in [6.07, 6.45) is 2.36. The Labute approximate surface area is 143 Å². The molecule has 0 amide bonds. The third-order valence-corrected chi connectivity index (χ3v) is 4.18. The number of ketones is 1. The first-order valence-corrected chi connectivity index (χ1v) is 7.62. The SMILES string of the molecule is O=C(c1c[nH]c2ccc(F)cc2c1=O)c1c[nH]c2ccc(F)cc2c1=O. The second kappa shape index (κ2) is 5.73. The Balaban J connectivity index is 1.94. The lowest BCUT2D eigenvalue weighted by Crippen LogP contribution is -2.23. The summed E-state index contributed by atoms with van der Waals surface area (Å²) in [7, 11) is 0. The number of pyridine rings is 2. The molecule has 0 atom stereocenters. The van der Waals surface area contributed by atoms with Gasteiger partial charge in [-0.3, -0.25) is 14.4 Å². The molecule has 0 saturated carbocycles. The van der Waals surface area contributed by atoms with Gasteiger partial charge in [0.05, 0.1) is 11.1 Å². The van der Waals surface area contributed by atoms with Gasteiger partial charge in [-0.25, -0.2) is 8.78 Å². The maximum atomic E-state index is 13.4. The average molecular weight is 352 g/mol. The van der Waals surface area contributed by atoms with Crippen molar-refractivity contribution in [2.24, 2.45) is 0 Å². The van der Waals surface area contributed by atoms with Crippen LogP contribution in [0.4, 0.5) is 8.78 Å². The van der Waals surface area contributed by atoms with Gasteiger partial charge in [0.25, 0.3) is 0 Å². The molecule has 2 aromatic heterocycles. The molecular weight excluding hydrogens is 342 g/mol. The highest BCUT2D eigenvalue weighted by molar-refractivity contribution is 6.11. The van der Waals surface area contributed by atoms with Crippen LogP contribution in [0.5, 0.6) is 0 Å². The third-order valence-electron chi connectivity index (χ3n) is 4.18. The second-order valence-electron chi connectivity index (χ2n) is 5.77. The number of nitrogens with one attached hydrogen (secondary N) is 2. The molecule has 0 fully saturated rings. The molecule has 0 unspecified atom stereocenters. The Morgan fingerprint density at radius 1 is 0.731 bits per heavy atom. The van der Waals surface area contributed by atoms with Gasteiger partial charge in [-0.1, -0.05) is 0 Å². The van der Waals surface area contributed by atoms with E-state index in [0.29, 0.717) is 11.0 Å². The number of hydrogen-bond donors (Lipinski definition) is 2. The van der Waals surface area contributed by atoms with Crippen LogP contribution in [0.25, 0.3) is 21.8 Å². The quantitative estimate of drug-likeness (QED) is 0.544. The number of halogens is 2. The van der Waals surface area contributed by atoms with E-state index in [9.17, 15) is 23.2 Å². The Morgan fingerprint density at radius 3 is 1.58 bits per heavy atom. The largest absolute Gasteiger partial charge is 0.360 e. The van der Waals surface area contributed by atoms with E-state index in [2.05, 4.69) is 9.97 Å². The molecule has 2 N–H and O–H groups in total. The number of H-pyrrole nitrogens is 2. The van der Waals surface area contributed by atoms with Gasteiger partial charge in [0.15, 0.2) is 0 Å². The lowest BCUT2D eigenvalue weighted by atomic mass is 10.0. The van der Waals surface area contributed by atoms with Crippen LogP contribution in [-0.2, 0) is 0 Å². The molecule has 0 aliphatic heterocycles. The van der Waals surface area contributed by atoms with Crippen molar-refractivity contribution in [3.05, 3.63) is 92.0 Å². The van der Waals surface area contributed by atoms with Gasteiger partial charge in [-0.15, -0.1) is 0 Å². The van der Waals surface area contributed by atoms with E-state index >= 15 is 0 Å². The molecule has 0 spiro atoms. The number of fused-ring (bicyclic) bond motifs is 2. The topological polar surface area (TPSA) is 82.8 Å². The Kier molecular flexibility index (Phi) is 3.50. The van der Waals surface area contributed by atoms with Crippen molar-refractivity contribution in [1.29, 1.82) is 0 Å². The van der Waals surface area contributed by atoms with Crippen molar-refractivity contribution in [3.63, 3.8) is 0 Å². The van der Waals surface area contributed by atoms with E-state index in [4.69, 9.17) is 0 Å². The van der Waals surface area contributed by atoms with Crippen molar-refractivity contribution >= 4 is 27.6 Å². The number of carbonyl (C=O) groups excluding carboxylic acids is 1. The number of carbonyl (C=O) groups is 1. The molecular formula is C19H10F2N2O3. The highest BCUT2D eigenvalue weighted by Crippen LogP contribution is 2.14. The van der Waals surface area contributed by atoms with Crippen molar-refractivity contribution in [1.82, 2.24) is 9.97 Å². The summed E-state index contributed by atoms with van der Waals surface area (Å²) in [5, 5.41) is -0.00164. The van der Waals surface area contributed by atoms with E-state index in [1.54, 1.807) is 0 Å². The minimum Gasteiger partial charge on any atom is -0.360 e. The Morgan fingerprint density at radius 2 is 1.15 bits per heavy atom. The smallest absolute Gasteiger partial charge is 0.203 e. The van der Waals surface area contributed by atoms with E-state index in [0.717, 1.165) is 12.1 Å². The van der Waals surface area contributed by atoms with Crippen LogP contribution in [0.1, 0.15) is 15.9 Å². The third kappa shape index (κ3) is 2.41. The predicted octanol–water partition coefficient (Wildman–Crippen LogP) is 2.88. The summed E-state index contributed by atoms with van der Waals surface area (Å²) in [6, 6.07) is 7.17. The molecule has 128 valence electrons. The van der Waals surface area contributed by atoms with Gasteiger partial charge in [0, 0.05) is 34.2 Å². The number of aromatic nitrogens is 2. The van der Waals surface area contributed by atoms with Crippen LogP contribution in [0.15, 0.2) is 58.4 Å². The maximum Gasteiger partial charge on any atom is 0.203 e. The van der Waals surface area contributed by atoms with Crippen molar-refractivity contribution in [2.75, 3.05) is 0 Å². The summed E-state index contributed by atoms with van der Waals surface area (Å²) in [5.41, 5.74) is -1.26. The van der Waals surface area contributed by atoms with Crippen LogP contribution >= 0.6 is 0 Å². The number of aromatic amines is 2. The molecule has 0 aliphatic carbocycles. The highest BCUT2D eigenvalue weighted by atomic mass is 19.1. The number of benzene rings is 2. The van der Waals surface area contributed by atoms with Gasteiger partial charge in [-0.05, 0) is 36.4 Å². The van der Waals surface area contributed by atoms with Crippen LogP contribution in [0.3, 0.4) is 0 Å². The zero-order valence-electron chi connectivity index (χ0n) is 13.1. The van der Waals surface area contributed by atoms with E-state index in [1.807, 2.05) is 0 Å².